The van der Waals surface area contributed by atoms with Crippen molar-refractivity contribution in [2.24, 2.45) is 0 Å². The monoisotopic (exact) mass is 562 g/mol. The third-order valence-corrected chi connectivity index (χ3v) is 7.72. The second-order valence-electron chi connectivity index (χ2n) is 8.37. The molecule has 0 saturated heterocycles. The molecular weight excluding hydrogens is 524 g/mol. The zero-order valence-electron chi connectivity index (χ0n) is 24.4. The average Bonchev–Trinajstić information content (AvgIpc) is 3.69. The number of methoxy groups -OCH3 is 1. The summed E-state index contributed by atoms with van der Waals surface area (Å²) in [5.74, 6) is 6.78. The lowest BCUT2D eigenvalue weighted by Crippen LogP contribution is -1.83. The molecule has 0 atom stereocenters. The number of hydrogen-bond acceptors (Lipinski definition) is 4. The van der Waals surface area contributed by atoms with E-state index in [2.05, 4.69) is 46.2 Å². The molecule has 5 aromatic rings. The molecule has 39 heavy (non-hydrogen) atoms. The van der Waals surface area contributed by atoms with Crippen LogP contribution >= 0.6 is 22.7 Å². The third-order valence-electron chi connectivity index (χ3n) is 5.41. The lowest BCUT2D eigenvalue weighted by molar-refractivity contribution is 0.419. The minimum absolute atomic E-state index is 0.120. The first-order valence-electron chi connectivity index (χ1n) is 13.3. The quantitative estimate of drug-likeness (QED) is 0.221. The second kappa shape index (κ2) is 15.9. The van der Waals surface area contributed by atoms with Gasteiger partial charge in [-0.15, -0.1) is 28.6 Å². The molecule has 1 N–H and O–H groups in total. The number of hydrogen-bond donors (Lipinski definition) is 1. The first kappa shape index (κ1) is 31.8. The van der Waals surface area contributed by atoms with Gasteiger partial charge in [0.1, 0.15) is 11.6 Å². The summed E-state index contributed by atoms with van der Waals surface area (Å²) in [6.07, 6.45) is 3.67. The summed E-state index contributed by atoms with van der Waals surface area (Å²) >= 11 is 3.26. The normalized spacial score (nSPS) is 9.82. The number of aromatic amines is 1. The standard InChI is InChI=1S/C16H16FNOS.C13H11NS.2C2H6/c1-9(2)16-11(17)8-14(20-16)12-7-10-5-4-6-13(19-3)15(10)18-12;1-3-4-11-6-12(8-14-7-11)13-5-10(2)15-9-13;2*1-2/h4-9,18H,1-3H3;5-9H,1-2H3;2*1-2H3. The maximum absolute atomic E-state index is 13.9. The van der Waals surface area contributed by atoms with Crippen molar-refractivity contribution in [3.8, 4) is 39.3 Å². The van der Waals surface area contributed by atoms with Gasteiger partial charge in [-0.3, -0.25) is 4.98 Å². The number of aromatic nitrogens is 2. The van der Waals surface area contributed by atoms with Gasteiger partial charge in [-0.05, 0) is 61.0 Å². The Kier molecular flexibility index (Phi) is 13.0. The number of pyridine rings is 1. The predicted octanol–water partition coefficient (Wildman–Crippen LogP) is 10.7. The van der Waals surface area contributed by atoms with Crippen LogP contribution in [0.2, 0.25) is 0 Å². The van der Waals surface area contributed by atoms with E-state index in [0.717, 1.165) is 43.2 Å². The Hall–Kier alpha value is -3.40. The molecule has 0 amide bonds. The lowest BCUT2D eigenvalue weighted by Gasteiger charge is -2.00. The molecule has 0 fully saturated rings. The number of fused-ring (bicyclic) bond motifs is 1. The Morgan fingerprint density at radius 3 is 2.33 bits per heavy atom. The molecule has 3 nitrogen and oxygen atoms in total. The van der Waals surface area contributed by atoms with Crippen molar-refractivity contribution in [1.29, 1.82) is 0 Å². The van der Waals surface area contributed by atoms with Gasteiger partial charge in [-0.25, -0.2) is 4.39 Å². The SMILES string of the molecule is CC.CC.CC#Cc1cncc(-c2csc(C)c2)c1.COc1cccc2cc(-c3cc(F)c(C(C)C)s3)[nH]c12. The molecule has 0 spiro atoms. The van der Waals surface area contributed by atoms with E-state index in [4.69, 9.17) is 4.74 Å². The minimum Gasteiger partial charge on any atom is -0.495 e. The fraction of sp³-hybridized carbons (Fsp3) is 0.303. The van der Waals surface area contributed by atoms with Gasteiger partial charge in [0, 0.05) is 38.7 Å². The first-order chi connectivity index (χ1) is 18.9. The predicted molar refractivity (Wildman–Crippen MR) is 170 cm³/mol. The maximum Gasteiger partial charge on any atom is 0.142 e. The minimum atomic E-state index is -0.120. The highest BCUT2D eigenvalue weighted by Gasteiger charge is 2.15. The van der Waals surface area contributed by atoms with E-state index in [9.17, 15) is 4.39 Å². The zero-order chi connectivity index (χ0) is 28.9. The van der Waals surface area contributed by atoms with Crippen molar-refractivity contribution >= 4 is 33.6 Å². The summed E-state index contributed by atoms with van der Waals surface area (Å²) in [7, 11) is 1.65. The number of nitrogens with one attached hydrogen (secondary N) is 1. The zero-order valence-corrected chi connectivity index (χ0v) is 26.0. The van der Waals surface area contributed by atoms with Gasteiger partial charge in [0.2, 0.25) is 0 Å². The van der Waals surface area contributed by atoms with Gasteiger partial charge in [-0.1, -0.05) is 59.6 Å². The number of halogens is 1. The highest BCUT2D eigenvalue weighted by atomic mass is 32.1. The fourth-order valence-electron chi connectivity index (χ4n) is 3.75. The van der Waals surface area contributed by atoms with Crippen molar-refractivity contribution < 1.29 is 9.13 Å². The number of thiophene rings is 2. The summed E-state index contributed by atoms with van der Waals surface area (Å²) < 4.78 is 19.3. The summed E-state index contributed by atoms with van der Waals surface area (Å²) in [4.78, 5) is 10.6. The van der Waals surface area contributed by atoms with Crippen LogP contribution in [0.15, 0.2) is 60.2 Å². The summed E-state index contributed by atoms with van der Waals surface area (Å²) in [6.45, 7) is 16.0. The number of H-pyrrole nitrogens is 1. The molecule has 0 aliphatic rings. The van der Waals surface area contributed by atoms with Crippen molar-refractivity contribution in [2.75, 3.05) is 7.11 Å². The number of para-hydroxylation sites is 1. The van der Waals surface area contributed by atoms with Crippen molar-refractivity contribution in [3.05, 3.63) is 81.4 Å². The van der Waals surface area contributed by atoms with Crippen LogP contribution in [0.1, 0.15) is 69.7 Å². The summed E-state index contributed by atoms with van der Waals surface area (Å²) in [5, 5.41) is 3.22. The number of aryl methyl sites for hydroxylation is 1. The number of benzene rings is 1. The Morgan fingerprint density at radius 1 is 1.00 bits per heavy atom. The van der Waals surface area contributed by atoms with Crippen LogP contribution in [0, 0.1) is 24.6 Å². The van der Waals surface area contributed by atoms with Crippen LogP contribution in [0.25, 0.3) is 32.6 Å². The van der Waals surface area contributed by atoms with E-state index in [-0.39, 0.29) is 11.7 Å². The van der Waals surface area contributed by atoms with Gasteiger partial charge in [0.25, 0.3) is 0 Å². The molecule has 0 aliphatic heterocycles. The molecule has 0 bridgehead atoms. The van der Waals surface area contributed by atoms with E-state index in [0.29, 0.717) is 0 Å². The van der Waals surface area contributed by atoms with Gasteiger partial charge in [0.15, 0.2) is 0 Å². The maximum atomic E-state index is 13.9. The molecule has 0 radical (unpaired) electrons. The Labute approximate surface area is 241 Å². The largest absolute Gasteiger partial charge is 0.495 e. The third kappa shape index (κ3) is 8.29. The fourth-order valence-corrected chi connectivity index (χ4v) is 5.47. The lowest BCUT2D eigenvalue weighted by atomic mass is 10.1. The summed E-state index contributed by atoms with van der Waals surface area (Å²) in [6, 6.07) is 13.8. The molecule has 0 unspecified atom stereocenters. The Bertz CT molecular complexity index is 1520. The highest BCUT2D eigenvalue weighted by Crippen LogP contribution is 2.37. The van der Waals surface area contributed by atoms with Crippen LogP contribution in [0.3, 0.4) is 0 Å². The van der Waals surface area contributed by atoms with E-state index < -0.39 is 0 Å². The van der Waals surface area contributed by atoms with E-state index in [1.807, 2.05) is 78.9 Å². The van der Waals surface area contributed by atoms with Crippen LogP contribution in [0.5, 0.6) is 5.75 Å². The van der Waals surface area contributed by atoms with E-state index in [1.54, 1.807) is 30.7 Å². The van der Waals surface area contributed by atoms with Gasteiger partial charge >= 0.3 is 0 Å². The average molecular weight is 563 g/mol. The van der Waals surface area contributed by atoms with Gasteiger partial charge < -0.3 is 9.72 Å². The van der Waals surface area contributed by atoms with Crippen molar-refractivity contribution in [3.63, 3.8) is 0 Å². The molecule has 5 rings (SSSR count). The van der Waals surface area contributed by atoms with E-state index in [1.165, 1.54) is 21.8 Å². The molecule has 0 saturated carbocycles. The highest BCUT2D eigenvalue weighted by molar-refractivity contribution is 7.15. The van der Waals surface area contributed by atoms with Crippen LogP contribution in [-0.4, -0.2) is 17.1 Å². The molecule has 4 heterocycles. The van der Waals surface area contributed by atoms with Crippen molar-refractivity contribution in [1.82, 2.24) is 9.97 Å². The first-order valence-corrected chi connectivity index (χ1v) is 15.0. The second-order valence-corrected chi connectivity index (χ2v) is 10.6. The van der Waals surface area contributed by atoms with Crippen molar-refractivity contribution in [2.45, 2.75) is 61.3 Å². The molecule has 4 aromatic heterocycles. The van der Waals surface area contributed by atoms with E-state index >= 15 is 0 Å². The molecule has 0 aliphatic carbocycles. The molecular formula is C33H39FN2OS2. The van der Waals surface area contributed by atoms with Crippen LogP contribution in [0.4, 0.5) is 4.39 Å². The number of ether oxygens (including phenoxy) is 1. The molecule has 6 heteroatoms. The molecule has 1 aromatic carbocycles. The summed E-state index contributed by atoms with van der Waals surface area (Å²) in [5.41, 5.74) is 5.22. The van der Waals surface area contributed by atoms with Gasteiger partial charge in [-0.2, -0.15) is 0 Å². The Morgan fingerprint density at radius 2 is 1.74 bits per heavy atom. The molecule has 206 valence electrons. The topological polar surface area (TPSA) is 37.9 Å². The number of rotatable bonds is 4. The Balaban J connectivity index is 0.000000250. The van der Waals surface area contributed by atoms with Crippen LogP contribution < -0.4 is 4.74 Å². The van der Waals surface area contributed by atoms with Crippen LogP contribution in [-0.2, 0) is 0 Å². The smallest absolute Gasteiger partial charge is 0.142 e. The number of nitrogens with zero attached hydrogens (tertiary/aromatic N) is 1. The van der Waals surface area contributed by atoms with Gasteiger partial charge in [0.05, 0.1) is 23.2 Å².